The summed E-state index contributed by atoms with van der Waals surface area (Å²) in [4.78, 5) is 18.4. The zero-order valence-electron chi connectivity index (χ0n) is 17.3. The molecule has 1 fully saturated rings. The molecule has 4 rings (SSSR count). The van der Waals surface area contributed by atoms with E-state index in [1.807, 2.05) is 31.2 Å². The van der Waals surface area contributed by atoms with Gasteiger partial charge in [-0.1, -0.05) is 12.1 Å². The molecule has 0 radical (unpaired) electrons. The molecule has 1 amide bonds. The van der Waals surface area contributed by atoms with E-state index >= 15 is 0 Å². The smallest absolute Gasteiger partial charge is 0.410 e. The zero-order chi connectivity index (χ0) is 20.4. The van der Waals surface area contributed by atoms with Gasteiger partial charge in [0.15, 0.2) is 0 Å². The highest BCUT2D eigenvalue weighted by molar-refractivity contribution is 7.98. The quantitative estimate of drug-likeness (QED) is 0.659. The van der Waals surface area contributed by atoms with Crippen LogP contribution in [0.4, 0.5) is 4.79 Å². The molecule has 6 heteroatoms. The summed E-state index contributed by atoms with van der Waals surface area (Å²) in [6.07, 6.45) is 6.74. The summed E-state index contributed by atoms with van der Waals surface area (Å²) in [6.45, 7) is 5.25. The van der Waals surface area contributed by atoms with Gasteiger partial charge in [-0.05, 0) is 68.2 Å². The van der Waals surface area contributed by atoms with Gasteiger partial charge in [-0.3, -0.25) is 0 Å². The lowest BCUT2D eigenvalue weighted by Gasteiger charge is -2.34. The van der Waals surface area contributed by atoms with Gasteiger partial charge in [0.25, 0.3) is 0 Å². The van der Waals surface area contributed by atoms with Crippen LogP contribution in [-0.4, -0.2) is 47.5 Å². The molecule has 0 bridgehead atoms. The van der Waals surface area contributed by atoms with E-state index in [2.05, 4.69) is 35.3 Å². The second-order valence-electron chi connectivity index (χ2n) is 8.03. The Morgan fingerprint density at radius 1 is 1.21 bits per heavy atom. The minimum Gasteiger partial charge on any atom is -0.490 e. The van der Waals surface area contributed by atoms with Gasteiger partial charge in [0, 0.05) is 31.3 Å². The number of carbonyl (C=O) groups is 1. The Morgan fingerprint density at radius 2 is 1.97 bits per heavy atom. The third kappa shape index (κ3) is 4.53. The number of ether oxygens (including phenoxy) is 2. The lowest BCUT2D eigenvalue weighted by Crippen LogP contribution is -2.43. The van der Waals surface area contributed by atoms with Crippen LogP contribution in [0, 0.1) is 5.92 Å². The molecule has 2 aliphatic heterocycles. The number of amides is 1. The van der Waals surface area contributed by atoms with Crippen LogP contribution in [-0.2, 0) is 11.2 Å². The molecule has 29 heavy (non-hydrogen) atoms. The molecule has 1 saturated heterocycles. The first-order valence-corrected chi connectivity index (χ1v) is 11.5. The fourth-order valence-corrected chi connectivity index (χ4v) is 4.48. The molecular weight excluding hydrogens is 384 g/mol. The standard InChI is InChI=1S/C23H28N2O3S/c1-15(2)27-23(26)25-10-8-16(9-11-25)21-13-19-12-17(4-6-20(19)28-21)18-5-7-22(29-3)24-14-18/h4-7,12,14-16,21H,8-11,13H2,1-3H3. The number of likely N-dealkylation sites (tertiary alicyclic amines) is 1. The average Bonchev–Trinajstić information content (AvgIpc) is 3.17. The van der Waals surface area contributed by atoms with Crippen LogP contribution >= 0.6 is 11.8 Å². The number of hydrogen-bond donors (Lipinski definition) is 0. The first-order valence-electron chi connectivity index (χ1n) is 10.3. The number of thioether (sulfide) groups is 1. The van der Waals surface area contributed by atoms with E-state index in [1.165, 1.54) is 11.1 Å². The Kier molecular flexibility index (Phi) is 5.99. The molecule has 2 aromatic rings. The molecule has 154 valence electrons. The molecule has 1 unspecified atom stereocenters. The number of hydrogen-bond acceptors (Lipinski definition) is 5. The predicted octanol–water partition coefficient (Wildman–Crippen LogP) is 5.03. The van der Waals surface area contributed by atoms with Crippen LogP contribution in [0.3, 0.4) is 0 Å². The molecule has 0 N–H and O–H groups in total. The van der Waals surface area contributed by atoms with E-state index in [4.69, 9.17) is 9.47 Å². The first-order chi connectivity index (χ1) is 14.0. The van der Waals surface area contributed by atoms with Crippen molar-refractivity contribution in [1.29, 1.82) is 0 Å². The Morgan fingerprint density at radius 3 is 2.62 bits per heavy atom. The third-order valence-corrected chi connectivity index (χ3v) is 6.36. The van der Waals surface area contributed by atoms with Crippen LogP contribution in [0.15, 0.2) is 41.6 Å². The summed E-state index contributed by atoms with van der Waals surface area (Å²) in [5.74, 6) is 1.46. The normalized spacial score (nSPS) is 19.2. The van der Waals surface area contributed by atoms with E-state index in [0.29, 0.717) is 5.92 Å². The first kappa shape index (κ1) is 20.1. The second-order valence-corrected chi connectivity index (χ2v) is 8.86. The van der Waals surface area contributed by atoms with E-state index in [-0.39, 0.29) is 18.3 Å². The zero-order valence-corrected chi connectivity index (χ0v) is 18.1. The van der Waals surface area contributed by atoms with Crippen molar-refractivity contribution in [2.24, 2.45) is 5.92 Å². The van der Waals surface area contributed by atoms with Gasteiger partial charge in [0.1, 0.15) is 11.9 Å². The predicted molar refractivity (Wildman–Crippen MR) is 115 cm³/mol. The highest BCUT2D eigenvalue weighted by atomic mass is 32.2. The minimum absolute atomic E-state index is 0.0748. The fourth-order valence-electron chi connectivity index (χ4n) is 4.12. The lowest BCUT2D eigenvalue weighted by molar-refractivity contribution is 0.0503. The Balaban J connectivity index is 1.37. The number of nitrogens with zero attached hydrogens (tertiary/aromatic N) is 2. The van der Waals surface area contributed by atoms with E-state index < -0.39 is 0 Å². The topological polar surface area (TPSA) is 51.7 Å². The number of piperidine rings is 1. The number of fused-ring (bicyclic) bond motifs is 1. The molecule has 3 heterocycles. The summed E-state index contributed by atoms with van der Waals surface area (Å²) in [7, 11) is 0. The van der Waals surface area contributed by atoms with E-state index in [1.54, 1.807) is 11.8 Å². The maximum atomic E-state index is 12.1. The molecular formula is C23H28N2O3S. The highest BCUT2D eigenvalue weighted by Gasteiger charge is 2.34. The number of benzene rings is 1. The molecule has 1 atom stereocenters. The number of aromatic nitrogens is 1. The average molecular weight is 413 g/mol. The number of rotatable bonds is 4. The van der Waals surface area contributed by atoms with Crippen molar-refractivity contribution < 1.29 is 14.3 Å². The van der Waals surface area contributed by atoms with Gasteiger partial charge in [-0.25, -0.2) is 9.78 Å². The van der Waals surface area contributed by atoms with Gasteiger partial charge >= 0.3 is 6.09 Å². The molecule has 0 saturated carbocycles. The van der Waals surface area contributed by atoms with Crippen molar-refractivity contribution in [3.05, 3.63) is 42.1 Å². The summed E-state index contributed by atoms with van der Waals surface area (Å²) in [6, 6.07) is 10.6. The van der Waals surface area contributed by atoms with Gasteiger partial charge in [0.2, 0.25) is 0 Å². The van der Waals surface area contributed by atoms with Gasteiger partial charge in [-0.2, -0.15) is 0 Å². The van der Waals surface area contributed by atoms with Crippen molar-refractivity contribution in [2.45, 2.75) is 50.3 Å². The SMILES string of the molecule is CSc1ccc(-c2ccc3c(c2)CC(C2CCN(C(=O)OC(C)C)CC2)O3)cn1. The van der Waals surface area contributed by atoms with Crippen molar-refractivity contribution in [3.63, 3.8) is 0 Å². The van der Waals surface area contributed by atoms with Gasteiger partial charge < -0.3 is 14.4 Å². The van der Waals surface area contributed by atoms with Gasteiger partial charge in [0.05, 0.1) is 11.1 Å². The van der Waals surface area contributed by atoms with Crippen LogP contribution < -0.4 is 4.74 Å². The maximum absolute atomic E-state index is 12.1. The molecule has 1 aromatic carbocycles. The summed E-state index contributed by atoms with van der Waals surface area (Å²) in [5, 5.41) is 1.03. The van der Waals surface area contributed by atoms with Crippen molar-refractivity contribution in [2.75, 3.05) is 19.3 Å². The summed E-state index contributed by atoms with van der Waals surface area (Å²) in [5.41, 5.74) is 3.58. The Hall–Kier alpha value is -2.21. The monoisotopic (exact) mass is 412 g/mol. The molecule has 2 aliphatic rings. The van der Waals surface area contributed by atoms with Crippen LogP contribution in [0.5, 0.6) is 5.75 Å². The van der Waals surface area contributed by atoms with Crippen LogP contribution in [0.25, 0.3) is 11.1 Å². The fraction of sp³-hybridized carbons (Fsp3) is 0.478. The lowest BCUT2D eigenvalue weighted by atomic mass is 9.89. The Labute approximate surface area is 176 Å². The second kappa shape index (κ2) is 8.66. The molecule has 5 nitrogen and oxygen atoms in total. The Bertz CT molecular complexity index is 861. The number of carbonyl (C=O) groups excluding carboxylic acids is 1. The third-order valence-electron chi connectivity index (χ3n) is 5.70. The van der Waals surface area contributed by atoms with Crippen molar-refractivity contribution in [3.8, 4) is 16.9 Å². The largest absolute Gasteiger partial charge is 0.490 e. The van der Waals surface area contributed by atoms with Crippen molar-refractivity contribution >= 4 is 17.9 Å². The summed E-state index contributed by atoms with van der Waals surface area (Å²) >= 11 is 1.65. The number of pyridine rings is 1. The van der Waals surface area contributed by atoms with E-state index in [0.717, 1.165) is 48.7 Å². The maximum Gasteiger partial charge on any atom is 0.410 e. The van der Waals surface area contributed by atoms with Gasteiger partial charge in [-0.15, -0.1) is 11.8 Å². The van der Waals surface area contributed by atoms with E-state index in [9.17, 15) is 4.79 Å². The molecule has 0 spiro atoms. The van der Waals surface area contributed by atoms with Crippen LogP contribution in [0.1, 0.15) is 32.3 Å². The summed E-state index contributed by atoms with van der Waals surface area (Å²) < 4.78 is 11.6. The van der Waals surface area contributed by atoms with Crippen LogP contribution in [0.2, 0.25) is 0 Å². The molecule has 0 aliphatic carbocycles. The minimum atomic E-state index is -0.195. The van der Waals surface area contributed by atoms with Crippen molar-refractivity contribution in [1.82, 2.24) is 9.88 Å². The highest BCUT2D eigenvalue weighted by Crippen LogP contribution is 2.37. The molecule has 1 aromatic heterocycles.